The smallest absolute Gasteiger partial charge is 0.229 e. The van der Waals surface area contributed by atoms with Gasteiger partial charge in [-0.1, -0.05) is 30.3 Å². The van der Waals surface area contributed by atoms with E-state index in [4.69, 9.17) is 18.9 Å². The Morgan fingerprint density at radius 2 is 1.77 bits per heavy atom. The van der Waals surface area contributed by atoms with Gasteiger partial charge in [-0.2, -0.15) is 0 Å². The van der Waals surface area contributed by atoms with Gasteiger partial charge in [-0.25, -0.2) is 0 Å². The number of fused-ring (bicyclic) bond motifs is 1. The molecule has 1 unspecified atom stereocenters. The summed E-state index contributed by atoms with van der Waals surface area (Å²) in [5.74, 6) is 2.08. The minimum absolute atomic E-state index is 0.0283. The molecule has 0 amide bonds. The van der Waals surface area contributed by atoms with Gasteiger partial charge >= 0.3 is 0 Å². The van der Waals surface area contributed by atoms with Crippen molar-refractivity contribution >= 4 is 27.6 Å². The molecule has 8 nitrogen and oxygen atoms in total. The number of methoxy groups -OCH3 is 2. The summed E-state index contributed by atoms with van der Waals surface area (Å²) in [6.07, 6.45) is 1.24. The second kappa shape index (κ2) is 8.14. The van der Waals surface area contributed by atoms with Crippen molar-refractivity contribution in [3.05, 3.63) is 58.3 Å². The van der Waals surface area contributed by atoms with Crippen LogP contribution in [-0.2, 0) is 15.9 Å². The van der Waals surface area contributed by atoms with Crippen LogP contribution in [0, 0.1) is 0 Å². The van der Waals surface area contributed by atoms with E-state index < -0.39 is 5.79 Å². The number of benzene rings is 2. The SMILES string of the molecule is COc1cc(Br)c(Nc2nnc3n2C(c2ccccc2)CC2(C3)OCCO2)cc1OC. The maximum absolute atomic E-state index is 6.03. The maximum atomic E-state index is 6.03. The lowest BCUT2D eigenvalue weighted by molar-refractivity contribution is -0.173. The Morgan fingerprint density at radius 3 is 2.48 bits per heavy atom. The third-order valence-electron chi connectivity index (χ3n) is 5.73. The summed E-state index contributed by atoms with van der Waals surface area (Å²) in [6, 6.07) is 14.0. The number of anilines is 2. The van der Waals surface area contributed by atoms with Gasteiger partial charge in [0.05, 0.1) is 45.6 Å². The Balaban J connectivity index is 1.56. The summed E-state index contributed by atoms with van der Waals surface area (Å²) in [7, 11) is 3.22. The van der Waals surface area contributed by atoms with Gasteiger partial charge in [0.1, 0.15) is 5.82 Å². The van der Waals surface area contributed by atoms with Gasteiger partial charge in [-0.3, -0.25) is 4.57 Å². The Hall–Kier alpha value is -2.62. The Labute approximate surface area is 188 Å². The molecule has 31 heavy (non-hydrogen) atoms. The van der Waals surface area contributed by atoms with Gasteiger partial charge in [-0.15, -0.1) is 10.2 Å². The van der Waals surface area contributed by atoms with Crippen LogP contribution in [0.1, 0.15) is 23.9 Å². The highest BCUT2D eigenvalue weighted by atomic mass is 79.9. The first kappa shape index (κ1) is 20.3. The molecule has 5 rings (SSSR count). The zero-order valence-electron chi connectivity index (χ0n) is 17.3. The lowest BCUT2D eigenvalue weighted by atomic mass is 9.92. The van der Waals surface area contributed by atoms with E-state index in [2.05, 4.69) is 48.1 Å². The van der Waals surface area contributed by atoms with Crippen molar-refractivity contribution in [3.63, 3.8) is 0 Å². The first-order valence-corrected chi connectivity index (χ1v) is 10.9. The number of halogens is 1. The topological polar surface area (TPSA) is 79.7 Å². The standard InChI is InChI=1S/C22H23BrN4O4/c1-28-18-10-15(23)16(11-19(18)29-2)24-21-26-25-20-13-22(30-8-9-31-22)12-17(27(20)21)14-6-4-3-5-7-14/h3-7,10-11,17H,8-9,12-13H2,1-2H3,(H,24,26). The van der Waals surface area contributed by atoms with Crippen molar-refractivity contribution < 1.29 is 18.9 Å². The Kier molecular flexibility index (Phi) is 5.33. The molecule has 0 aliphatic carbocycles. The van der Waals surface area contributed by atoms with Crippen molar-refractivity contribution in [1.82, 2.24) is 14.8 Å². The van der Waals surface area contributed by atoms with Gasteiger partial charge in [0.25, 0.3) is 0 Å². The lowest BCUT2D eigenvalue weighted by Gasteiger charge is -2.37. The number of ether oxygens (including phenoxy) is 4. The fourth-order valence-electron chi connectivity index (χ4n) is 4.29. The second-order valence-corrected chi connectivity index (χ2v) is 8.39. The molecular formula is C22H23BrN4O4. The molecule has 162 valence electrons. The molecule has 1 fully saturated rings. The minimum Gasteiger partial charge on any atom is -0.493 e. The molecule has 9 heteroatoms. The van der Waals surface area contributed by atoms with E-state index in [-0.39, 0.29) is 6.04 Å². The van der Waals surface area contributed by atoms with E-state index in [0.717, 1.165) is 21.5 Å². The third-order valence-corrected chi connectivity index (χ3v) is 6.38. The molecular weight excluding hydrogens is 464 g/mol. The van der Waals surface area contributed by atoms with Crippen LogP contribution in [0.4, 0.5) is 11.6 Å². The van der Waals surface area contributed by atoms with E-state index in [0.29, 0.717) is 43.5 Å². The van der Waals surface area contributed by atoms with Crippen LogP contribution in [0.2, 0.25) is 0 Å². The van der Waals surface area contributed by atoms with Crippen LogP contribution in [0.3, 0.4) is 0 Å². The molecule has 2 aliphatic rings. The molecule has 1 aromatic heterocycles. The van der Waals surface area contributed by atoms with Crippen LogP contribution in [0.25, 0.3) is 0 Å². The summed E-state index contributed by atoms with van der Waals surface area (Å²) < 4.78 is 25.9. The van der Waals surface area contributed by atoms with Crippen molar-refractivity contribution in [3.8, 4) is 11.5 Å². The first-order valence-electron chi connectivity index (χ1n) is 10.1. The molecule has 1 N–H and O–H groups in total. The zero-order valence-corrected chi connectivity index (χ0v) is 18.9. The van der Waals surface area contributed by atoms with Crippen LogP contribution < -0.4 is 14.8 Å². The summed E-state index contributed by atoms with van der Waals surface area (Å²) in [6.45, 7) is 1.19. The number of nitrogens with zero attached hydrogens (tertiary/aromatic N) is 3. The molecule has 1 spiro atoms. The average molecular weight is 487 g/mol. The van der Waals surface area contributed by atoms with Crippen LogP contribution in [-0.4, -0.2) is 48.0 Å². The molecule has 2 aromatic carbocycles. The van der Waals surface area contributed by atoms with Gasteiger partial charge in [-0.05, 0) is 21.5 Å². The van der Waals surface area contributed by atoms with Crippen LogP contribution >= 0.6 is 15.9 Å². The first-order chi connectivity index (χ1) is 15.1. The fraction of sp³-hybridized carbons (Fsp3) is 0.364. The summed E-state index contributed by atoms with van der Waals surface area (Å²) in [4.78, 5) is 0. The summed E-state index contributed by atoms with van der Waals surface area (Å²) in [5.41, 5.74) is 1.95. The predicted molar refractivity (Wildman–Crippen MR) is 118 cm³/mol. The zero-order chi connectivity index (χ0) is 21.4. The summed E-state index contributed by atoms with van der Waals surface area (Å²) in [5, 5.41) is 12.3. The van der Waals surface area contributed by atoms with E-state index in [1.165, 1.54) is 0 Å². The predicted octanol–water partition coefficient (Wildman–Crippen LogP) is 4.08. The second-order valence-electron chi connectivity index (χ2n) is 7.54. The van der Waals surface area contributed by atoms with Gasteiger partial charge < -0.3 is 24.3 Å². The number of rotatable bonds is 5. The van der Waals surface area contributed by atoms with Crippen molar-refractivity contribution in [1.29, 1.82) is 0 Å². The van der Waals surface area contributed by atoms with Crippen molar-refractivity contribution in [2.75, 3.05) is 32.8 Å². The van der Waals surface area contributed by atoms with Crippen molar-refractivity contribution in [2.24, 2.45) is 0 Å². The number of aromatic nitrogens is 3. The third kappa shape index (κ3) is 3.66. The molecule has 3 aromatic rings. The molecule has 0 radical (unpaired) electrons. The largest absolute Gasteiger partial charge is 0.493 e. The van der Waals surface area contributed by atoms with Crippen LogP contribution in [0.5, 0.6) is 11.5 Å². The van der Waals surface area contributed by atoms with E-state index in [9.17, 15) is 0 Å². The van der Waals surface area contributed by atoms with E-state index in [1.54, 1.807) is 14.2 Å². The molecule has 0 bridgehead atoms. The number of hydrogen-bond acceptors (Lipinski definition) is 7. The fourth-order valence-corrected chi connectivity index (χ4v) is 4.71. The molecule has 1 atom stereocenters. The van der Waals surface area contributed by atoms with E-state index >= 15 is 0 Å². The number of hydrogen-bond donors (Lipinski definition) is 1. The monoisotopic (exact) mass is 486 g/mol. The van der Waals surface area contributed by atoms with Gasteiger partial charge in [0.2, 0.25) is 5.95 Å². The van der Waals surface area contributed by atoms with Gasteiger partial charge in [0, 0.05) is 23.0 Å². The normalized spacial score (nSPS) is 19.3. The molecule has 3 heterocycles. The Bertz CT molecular complexity index is 1080. The maximum Gasteiger partial charge on any atom is 0.229 e. The average Bonchev–Trinajstić information content (AvgIpc) is 3.42. The molecule has 1 saturated heterocycles. The minimum atomic E-state index is -0.648. The Morgan fingerprint density at radius 1 is 1.06 bits per heavy atom. The quantitative estimate of drug-likeness (QED) is 0.581. The van der Waals surface area contributed by atoms with Gasteiger partial charge in [0.15, 0.2) is 17.3 Å². The summed E-state index contributed by atoms with van der Waals surface area (Å²) >= 11 is 3.61. The lowest BCUT2D eigenvalue weighted by Crippen LogP contribution is -2.42. The molecule has 2 aliphatic heterocycles. The number of nitrogens with one attached hydrogen (secondary N) is 1. The van der Waals surface area contributed by atoms with Crippen LogP contribution in [0.15, 0.2) is 46.9 Å². The highest BCUT2D eigenvalue weighted by molar-refractivity contribution is 9.10. The highest BCUT2D eigenvalue weighted by Gasteiger charge is 2.46. The highest BCUT2D eigenvalue weighted by Crippen LogP contribution is 2.43. The van der Waals surface area contributed by atoms with E-state index in [1.807, 2.05) is 30.3 Å². The van der Waals surface area contributed by atoms with Crippen molar-refractivity contribution in [2.45, 2.75) is 24.7 Å². The molecule has 0 saturated carbocycles.